The van der Waals surface area contributed by atoms with E-state index in [1.807, 2.05) is 0 Å². The van der Waals surface area contributed by atoms with E-state index in [0.717, 1.165) is 17.9 Å². The van der Waals surface area contributed by atoms with Gasteiger partial charge in [-0.2, -0.15) is 0 Å². The molecule has 0 aromatic heterocycles. The van der Waals surface area contributed by atoms with Gasteiger partial charge < -0.3 is 5.32 Å². The van der Waals surface area contributed by atoms with Crippen molar-refractivity contribution in [2.45, 2.75) is 13.0 Å². The Bertz CT molecular complexity index is 822. The van der Waals surface area contributed by atoms with Crippen molar-refractivity contribution in [3.8, 4) is 0 Å². The van der Waals surface area contributed by atoms with Crippen LogP contribution in [0.5, 0.6) is 0 Å². The third kappa shape index (κ3) is 5.07. The number of rotatable bonds is 5. The van der Waals surface area contributed by atoms with Gasteiger partial charge in [0.1, 0.15) is 5.82 Å². The highest BCUT2D eigenvalue weighted by molar-refractivity contribution is 7.92. The predicted octanol–water partition coefficient (Wildman–Crippen LogP) is 2.69. The molecule has 1 amide bonds. The number of amides is 1. The molecule has 0 aliphatic rings. The number of nitrogens with one attached hydrogen (secondary N) is 2. The number of carbonyl (C=O) groups excluding carboxylic acids is 1. The SMILES string of the molecule is C[C@@H](NC(=O)c1cccc(F)c1)c1cccc(NS(C)(=O)=O)c1. The number of halogens is 1. The Labute approximate surface area is 134 Å². The van der Waals surface area contributed by atoms with Gasteiger partial charge in [-0.25, -0.2) is 12.8 Å². The summed E-state index contributed by atoms with van der Waals surface area (Å²) < 4.78 is 38.1. The van der Waals surface area contributed by atoms with Crippen molar-refractivity contribution in [2.24, 2.45) is 0 Å². The Balaban J connectivity index is 2.13. The van der Waals surface area contributed by atoms with Crippen molar-refractivity contribution < 1.29 is 17.6 Å². The molecule has 0 bridgehead atoms. The first-order chi connectivity index (χ1) is 10.7. The van der Waals surface area contributed by atoms with Crippen LogP contribution in [0.2, 0.25) is 0 Å². The number of hydrogen-bond donors (Lipinski definition) is 2. The van der Waals surface area contributed by atoms with E-state index >= 15 is 0 Å². The maximum atomic E-state index is 13.2. The van der Waals surface area contributed by atoms with Crippen LogP contribution in [-0.4, -0.2) is 20.6 Å². The lowest BCUT2D eigenvalue weighted by atomic mass is 10.1. The Morgan fingerprint density at radius 2 is 1.83 bits per heavy atom. The molecule has 0 heterocycles. The molecule has 0 aliphatic heterocycles. The van der Waals surface area contributed by atoms with Crippen molar-refractivity contribution in [3.63, 3.8) is 0 Å². The lowest BCUT2D eigenvalue weighted by Crippen LogP contribution is -2.26. The van der Waals surface area contributed by atoms with Gasteiger partial charge in [-0.15, -0.1) is 0 Å². The zero-order chi connectivity index (χ0) is 17.0. The van der Waals surface area contributed by atoms with Crippen LogP contribution in [0.1, 0.15) is 28.9 Å². The quantitative estimate of drug-likeness (QED) is 0.881. The topological polar surface area (TPSA) is 75.3 Å². The third-order valence-corrected chi connectivity index (χ3v) is 3.73. The van der Waals surface area contributed by atoms with Crippen LogP contribution in [0, 0.1) is 5.82 Å². The standard InChI is InChI=1S/C16H17FN2O3S/c1-11(18-16(20)13-6-3-7-14(17)9-13)12-5-4-8-15(10-12)19-23(2,21)22/h3-11,19H,1-2H3,(H,18,20)/t11-/m1/s1. The largest absolute Gasteiger partial charge is 0.346 e. The fourth-order valence-corrected chi connectivity index (χ4v) is 2.63. The van der Waals surface area contributed by atoms with Crippen LogP contribution in [0.25, 0.3) is 0 Å². The average molecular weight is 336 g/mol. The fraction of sp³-hybridized carbons (Fsp3) is 0.188. The predicted molar refractivity (Wildman–Crippen MR) is 87.2 cm³/mol. The monoisotopic (exact) mass is 336 g/mol. The summed E-state index contributed by atoms with van der Waals surface area (Å²) in [5.41, 5.74) is 1.36. The van der Waals surface area contributed by atoms with Crippen molar-refractivity contribution in [1.82, 2.24) is 5.32 Å². The van der Waals surface area contributed by atoms with Gasteiger partial charge in [0, 0.05) is 11.3 Å². The molecule has 2 rings (SSSR count). The minimum atomic E-state index is -3.37. The van der Waals surface area contributed by atoms with Gasteiger partial charge in [-0.05, 0) is 42.8 Å². The molecule has 0 saturated heterocycles. The van der Waals surface area contributed by atoms with Gasteiger partial charge in [0.15, 0.2) is 0 Å². The molecule has 0 saturated carbocycles. The molecular formula is C16H17FN2O3S. The van der Waals surface area contributed by atoms with Gasteiger partial charge in [-0.3, -0.25) is 9.52 Å². The first-order valence-electron chi connectivity index (χ1n) is 6.89. The molecule has 23 heavy (non-hydrogen) atoms. The van der Waals surface area contributed by atoms with Gasteiger partial charge in [-0.1, -0.05) is 18.2 Å². The molecule has 2 aromatic rings. The number of benzene rings is 2. The molecule has 0 fully saturated rings. The van der Waals surface area contributed by atoms with Crippen LogP contribution in [0.3, 0.4) is 0 Å². The van der Waals surface area contributed by atoms with E-state index < -0.39 is 21.7 Å². The van der Waals surface area contributed by atoms with Crippen molar-refractivity contribution >= 4 is 21.6 Å². The van der Waals surface area contributed by atoms with E-state index in [1.54, 1.807) is 31.2 Å². The smallest absolute Gasteiger partial charge is 0.251 e. The summed E-state index contributed by atoms with van der Waals surface area (Å²) in [7, 11) is -3.37. The van der Waals surface area contributed by atoms with Crippen LogP contribution in [0.4, 0.5) is 10.1 Å². The Morgan fingerprint density at radius 3 is 2.48 bits per heavy atom. The highest BCUT2D eigenvalue weighted by atomic mass is 32.2. The molecule has 2 N–H and O–H groups in total. The maximum Gasteiger partial charge on any atom is 0.251 e. The van der Waals surface area contributed by atoms with E-state index in [4.69, 9.17) is 0 Å². The molecule has 1 atom stereocenters. The Hall–Kier alpha value is -2.41. The van der Waals surface area contributed by atoms with Gasteiger partial charge in [0.25, 0.3) is 5.91 Å². The van der Waals surface area contributed by atoms with E-state index in [9.17, 15) is 17.6 Å². The van der Waals surface area contributed by atoms with Crippen molar-refractivity contribution in [3.05, 3.63) is 65.5 Å². The molecule has 122 valence electrons. The summed E-state index contributed by atoms with van der Waals surface area (Å²) in [6.45, 7) is 1.76. The highest BCUT2D eigenvalue weighted by Gasteiger charge is 2.13. The molecule has 0 aliphatic carbocycles. The summed E-state index contributed by atoms with van der Waals surface area (Å²) in [6.07, 6.45) is 1.06. The van der Waals surface area contributed by atoms with Crippen LogP contribution in [-0.2, 0) is 10.0 Å². The lowest BCUT2D eigenvalue weighted by molar-refractivity contribution is 0.0939. The second-order valence-electron chi connectivity index (χ2n) is 5.21. The van der Waals surface area contributed by atoms with E-state index in [-0.39, 0.29) is 11.6 Å². The van der Waals surface area contributed by atoms with E-state index in [0.29, 0.717) is 5.69 Å². The molecule has 2 aromatic carbocycles. The normalized spacial score (nSPS) is 12.5. The molecule has 7 heteroatoms. The molecule has 5 nitrogen and oxygen atoms in total. The first-order valence-corrected chi connectivity index (χ1v) is 8.78. The summed E-state index contributed by atoms with van der Waals surface area (Å²) in [4.78, 5) is 12.1. The zero-order valence-electron chi connectivity index (χ0n) is 12.7. The average Bonchev–Trinajstić information content (AvgIpc) is 2.45. The molecule has 0 spiro atoms. The van der Waals surface area contributed by atoms with Gasteiger partial charge in [0.05, 0.1) is 12.3 Å². The number of hydrogen-bond acceptors (Lipinski definition) is 3. The lowest BCUT2D eigenvalue weighted by Gasteiger charge is -2.15. The minimum Gasteiger partial charge on any atom is -0.346 e. The number of anilines is 1. The molecule has 0 radical (unpaired) electrons. The van der Waals surface area contributed by atoms with Crippen LogP contribution >= 0.6 is 0 Å². The minimum absolute atomic E-state index is 0.224. The van der Waals surface area contributed by atoms with Crippen molar-refractivity contribution in [1.29, 1.82) is 0 Å². The molecule has 0 unspecified atom stereocenters. The third-order valence-electron chi connectivity index (χ3n) is 3.12. The highest BCUT2D eigenvalue weighted by Crippen LogP contribution is 2.18. The maximum absolute atomic E-state index is 13.2. The second kappa shape index (κ2) is 6.78. The second-order valence-corrected chi connectivity index (χ2v) is 6.95. The summed E-state index contributed by atoms with van der Waals surface area (Å²) >= 11 is 0. The summed E-state index contributed by atoms with van der Waals surface area (Å²) in [5.74, 6) is -0.886. The Kier molecular flexibility index (Phi) is 5.00. The Morgan fingerprint density at radius 1 is 1.13 bits per heavy atom. The van der Waals surface area contributed by atoms with E-state index in [2.05, 4.69) is 10.0 Å². The number of carbonyl (C=O) groups is 1. The van der Waals surface area contributed by atoms with Crippen molar-refractivity contribution in [2.75, 3.05) is 11.0 Å². The first kappa shape index (κ1) is 17.0. The summed E-state index contributed by atoms with van der Waals surface area (Å²) in [6, 6.07) is 11.7. The van der Waals surface area contributed by atoms with Gasteiger partial charge >= 0.3 is 0 Å². The number of sulfonamides is 1. The fourth-order valence-electron chi connectivity index (χ4n) is 2.08. The zero-order valence-corrected chi connectivity index (χ0v) is 13.5. The van der Waals surface area contributed by atoms with Gasteiger partial charge in [0.2, 0.25) is 10.0 Å². The van der Waals surface area contributed by atoms with Crippen LogP contribution < -0.4 is 10.0 Å². The van der Waals surface area contributed by atoms with E-state index in [1.165, 1.54) is 18.2 Å². The molecular weight excluding hydrogens is 319 g/mol. The summed E-state index contributed by atoms with van der Waals surface area (Å²) in [5, 5.41) is 2.75. The van der Waals surface area contributed by atoms with Crippen LogP contribution in [0.15, 0.2) is 48.5 Å².